The zero-order valence-electron chi connectivity index (χ0n) is 10.5. The Kier molecular flexibility index (Phi) is 2.79. The largest absolute Gasteiger partial charge is 0.391 e. The van der Waals surface area contributed by atoms with Gasteiger partial charge in [-0.05, 0) is 12.1 Å². The van der Waals surface area contributed by atoms with E-state index in [-0.39, 0.29) is 12.3 Å². The molecule has 1 aliphatic heterocycles. The lowest BCUT2D eigenvalue weighted by atomic mass is 10.2. The second-order valence-electron chi connectivity index (χ2n) is 4.62. The maximum absolute atomic E-state index is 11.8. The van der Waals surface area contributed by atoms with Crippen molar-refractivity contribution in [2.24, 2.45) is 7.05 Å². The molecule has 1 atom stereocenters. The summed E-state index contributed by atoms with van der Waals surface area (Å²) in [6.07, 6.45) is 3.01. The summed E-state index contributed by atoms with van der Waals surface area (Å²) in [7, 11) is 1.78. The molecule has 1 saturated heterocycles. The quantitative estimate of drug-likeness (QED) is 0.855. The van der Waals surface area contributed by atoms with E-state index in [0.29, 0.717) is 12.4 Å². The number of β-amino-alcohol motifs (C(OH)–C–C–N with tert-alkyl or cyclic N) is 1. The highest BCUT2D eigenvalue weighted by Crippen LogP contribution is 2.26. The van der Waals surface area contributed by atoms with Crippen LogP contribution in [0.25, 0.3) is 11.3 Å². The van der Waals surface area contributed by atoms with E-state index in [9.17, 15) is 9.90 Å². The molecule has 0 radical (unpaired) electrons. The Labute approximate surface area is 110 Å². The zero-order chi connectivity index (χ0) is 13.4. The minimum atomic E-state index is -0.593. The number of amides is 1. The minimum absolute atomic E-state index is 0.0757. The van der Waals surface area contributed by atoms with E-state index in [0.717, 1.165) is 11.3 Å². The molecular weight excluding hydrogens is 244 g/mol. The molecule has 1 N–H and O–H groups in total. The number of carbonyl (C=O) groups excluding carboxylic acids is 1. The summed E-state index contributed by atoms with van der Waals surface area (Å²) in [5.74, 6) is 0.619. The molecule has 2 aromatic rings. The maximum Gasteiger partial charge on any atom is 0.230 e. The van der Waals surface area contributed by atoms with Gasteiger partial charge in [0.1, 0.15) is 5.82 Å². The summed E-state index contributed by atoms with van der Waals surface area (Å²) in [4.78, 5) is 17.4. The van der Waals surface area contributed by atoms with Crippen LogP contribution in [0, 0.1) is 0 Å². The minimum Gasteiger partial charge on any atom is -0.391 e. The molecule has 0 aliphatic carbocycles. The van der Waals surface area contributed by atoms with Crippen LogP contribution in [0.3, 0.4) is 0 Å². The van der Waals surface area contributed by atoms with Crippen LogP contribution in [0.1, 0.15) is 6.42 Å². The van der Waals surface area contributed by atoms with Gasteiger partial charge in [0.05, 0.1) is 24.8 Å². The van der Waals surface area contributed by atoms with E-state index in [1.165, 1.54) is 0 Å². The van der Waals surface area contributed by atoms with Crippen LogP contribution in [-0.4, -0.2) is 38.4 Å². The van der Waals surface area contributed by atoms with E-state index in [1.54, 1.807) is 29.0 Å². The number of nitrogens with zero attached hydrogens (tertiary/aromatic N) is 4. The van der Waals surface area contributed by atoms with Crippen LogP contribution in [-0.2, 0) is 11.8 Å². The van der Waals surface area contributed by atoms with Gasteiger partial charge in [0.2, 0.25) is 5.91 Å². The molecule has 0 bridgehead atoms. The second kappa shape index (κ2) is 4.47. The van der Waals surface area contributed by atoms with Crippen LogP contribution in [0.5, 0.6) is 0 Å². The van der Waals surface area contributed by atoms with Gasteiger partial charge in [-0.2, -0.15) is 5.10 Å². The monoisotopic (exact) mass is 258 g/mol. The first-order chi connectivity index (χ1) is 9.15. The molecule has 19 heavy (non-hydrogen) atoms. The Bertz CT molecular complexity index is 608. The van der Waals surface area contributed by atoms with Crippen LogP contribution in [0.2, 0.25) is 0 Å². The van der Waals surface area contributed by atoms with Gasteiger partial charge in [-0.15, -0.1) is 0 Å². The van der Waals surface area contributed by atoms with Crippen molar-refractivity contribution in [1.82, 2.24) is 14.8 Å². The molecule has 0 spiro atoms. The molecule has 0 saturated carbocycles. The van der Waals surface area contributed by atoms with Crippen LogP contribution >= 0.6 is 0 Å². The molecule has 6 nitrogen and oxygen atoms in total. The van der Waals surface area contributed by atoms with Crippen molar-refractivity contribution < 1.29 is 9.90 Å². The van der Waals surface area contributed by atoms with Crippen LogP contribution in [0.15, 0.2) is 30.6 Å². The molecule has 0 aromatic carbocycles. The smallest absolute Gasteiger partial charge is 0.230 e. The first-order valence-corrected chi connectivity index (χ1v) is 6.08. The molecule has 1 amide bonds. The standard InChI is InChI=1S/C13H14N4O2/c1-16-12(17-8-10(18)5-13(17)19)6-11(15-16)9-3-2-4-14-7-9/h2-4,6-7,10,18H,5,8H2,1H3. The SMILES string of the molecule is Cn1nc(-c2cccnc2)cc1N1CC(O)CC1=O. The molecule has 3 heterocycles. The molecule has 1 aliphatic rings. The summed E-state index contributed by atoms with van der Waals surface area (Å²) in [5.41, 5.74) is 1.66. The topological polar surface area (TPSA) is 71.2 Å². The van der Waals surface area contributed by atoms with Crippen molar-refractivity contribution in [3.8, 4) is 11.3 Å². The summed E-state index contributed by atoms with van der Waals surface area (Å²) < 4.78 is 1.65. The van der Waals surface area contributed by atoms with Crippen LogP contribution in [0.4, 0.5) is 5.82 Å². The lowest BCUT2D eigenvalue weighted by molar-refractivity contribution is -0.117. The summed E-state index contributed by atoms with van der Waals surface area (Å²) in [6.45, 7) is 0.324. The lowest BCUT2D eigenvalue weighted by Gasteiger charge is -2.14. The fourth-order valence-electron chi connectivity index (χ4n) is 2.28. The summed E-state index contributed by atoms with van der Waals surface area (Å²) in [5, 5.41) is 13.9. The van der Waals surface area contributed by atoms with Crippen molar-refractivity contribution in [3.63, 3.8) is 0 Å². The van der Waals surface area contributed by atoms with E-state index < -0.39 is 6.10 Å². The summed E-state index contributed by atoms with van der Waals surface area (Å²) >= 11 is 0. The average molecular weight is 258 g/mol. The van der Waals surface area contributed by atoms with Crippen LogP contribution < -0.4 is 4.90 Å². The van der Waals surface area contributed by atoms with E-state index in [1.807, 2.05) is 18.2 Å². The normalized spacial score (nSPS) is 19.2. The van der Waals surface area contributed by atoms with E-state index in [4.69, 9.17) is 0 Å². The fourth-order valence-corrected chi connectivity index (χ4v) is 2.28. The predicted molar refractivity (Wildman–Crippen MR) is 69.4 cm³/mol. The predicted octanol–water partition coefficient (Wildman–Crippen LogP) is 0.580. The third-order valence-corrected chi connectivity index (χ3v) is 3.19. The van der Waals surface area contributed by atoms with E-state index >= 15 is 0 Å². The molecule has 2 aromatic heterocycles. The highest BCUT2D eigenvalue weighted by molar-refractivity contribution is 5.95. The van der Waals surface area contributed by atoms with Gasteiger partial charge in [-0.1, -0.05) is 0 Å². The van der Waals surface area contributed by atoms with Crippen molar-refractivity contribution in [2.75, 3.05) is 11.4 Å². The highest BCUT2D eigenvalue weighted by atomic mass is 16.3. The van der Waals surface area contributed by atoms with E-state index in [2.05, 4.69) is 10.1 Å². The number of aliphatic hydroxyl groups is 1. The molecule has 6 heteroatoms. The Morgan fingerprint density at radius 2 is 2.32 bits per heavy atom. The Hall–Kier alpha value is -2.21. The molecule has 1 fully saturated rings. The van der Waals surface area contributed by atoms with Gasteiger partial charge >= 0.3 is 0 Å². The maximum atomic E-state index is 11.8. The molecule has 1 unspecified atom stereocenters. The first-order valence-electron chi connectivity index (χ1n) is 6.08. The fraction of sp³-hybridized carbons (Fsp3) is 0.308. The zero-order valence-corrected chi connectivity index (χ0v) is 10.5. The van der Waals surface area contributed by atoms with Crippen molar-refractivity contribution in [3.05, 3.63) is 30.6 Å². The number of hydrogen-bond donors (Lipinski definition) is 1. The van der Waals surface area contributed by atoms with Gasteiger partial charge in [0, 0.05) is 31.1 Å². The van der Waals surface area contributed by atoms with Gasteiger partial charge in [0.15, 0.2) is 0 Å². The molecular formula is C13H14N4O2. The van der Waals surface area contributed by atoms with Crippen molar-refractivity contribution >= 4 is 11.7 Å². The highest BCUT2D eigenvalue weighted by Gasteiger charge is 2.31. The third kappa shape index (κ3) is 2.10. The van der Waals surface area contributed by atoms with Gasteiger partial charge in [-0.3, -0.25) is 19.4 Å². The van der Waals surface area contributed by atoms with Crippen molar-refractivity contribution in [2.45, 2.75) is 12.5 Å². The lowest BCUT2D eigenvalue weighted by Crippen LogP contribution is -2.27. The number of rotatable bonds is 2. The molecule has 98 valence electrons. The van der Waals surface area contributed by atoms with Gasteiger partial charge in [0.25, 0.3) is 0 Å². The molecule has 3 rings (SSSR count). The number of anilines is 1. The second-order valence-corrected chi connectivity index (χ2v) is 4.62. The summed E-state index contributed by atoms with van der Waals surface area (Å²) in [6, 6.07) is 5.60. The number of aryl methyl sites for hydroxylation is 1. The van der Waals surface area contributed by atoms with Gasteiger partial charge < -0.3 is 5.11 Å². The number of hydrogen-bond acceptors (Lipinski definition) is 4. The van der Waals surface area contributed by atoms with Crippen molar-refractivity contribution in [1.29, 1.82) is 0 Å². The number of pyridine rings is 1. The Morgan fingerprint density at radius 1 is 1.47 bits per heavy atom. The van der Waals surface area contributed by atoms with Gasteiger partial charge in [-0.25, -0.2) is 0 Å². The Morgan fingerprint density at radius 3 is 2.95 bits per heavy atom. The third-order valence-electron chi connectivity index (χ3n) is 3.19. The number of carbonyl (C=O) groups is 1. The average Bonchev–Trinajstić information content (AvgIpc) is 2.93. The first kappa shape index (κ1) is 11.9. The Balaban J connectivity index is 1.96. The number of aliphatic hydroxyl groups excluding tert-OH is 1. The number of aromatic nitrogens is 3.